The number of methoxy groups -OCH3 is 1. The van der Waals surface area contributed by atoms with E-state index in [0.29, 0.717) is 5.78 Å². The molecule has 0 saturated heterocycles. The van der Waals surface area contributed by atoms with Crippen LogP contribution in [0.1, 0.15) is 37.3 Å². The molecule has 0 aliphatic heterocycles. The molecule has 1 fully saturated rings. The Labute approximate surface area is 102 Å². The van der Waals surface area contributed by atoms with Gasteiger partial charge in [-0.25, -0.2) is 0 Å². The molecule has 0 N–H and O–H groups in total. The van der Waals surface area contributed by atoms with E-state index in [2.05, 4.69) is 12.1 Å². The van der Waals surface area contributed by atoms with Crippen LogP contribution in [0.25, 0.3) is 0 Å². The lowest BCUT2D eigenvalue weighted by molar-refractivity contribution is -0.118. The number of hydrogen-bond donors (Lipinski definition) is 0. The number of ketones is 1. The van der Waals surface area contributed by atoms with Gasteiger partial charge < -0.3 is 4.74 Å². The SMILES string of the molecule is COc1ccc2c(c1)C1(CCC2)CC1C(C)=O. The Morgan fingerprint density at radius 1 is 1.47 bits per heavy atom. The Morgan fingerprint density at radius 2 is 2.29 bits per heavy atom. The first-order valence-corrected chi connectivity index (χ1v) is 6.35. The second-order valence-corrected chi connectivity index (χ2v) is 5.40. The summed E-state index contributed by atoms with van der Waals surface area (Å²) >= 11 is 0. The summed E-state index contributed by atoms with van der Waals surface area (Å²) in [6.45, 7) is 1.73. The highest BCUT2D eigenvalue weighted by molar-refractivity contribution is 5.84. The van der Waals surface area contributed by atoms with E-state index >= 15 is 0 Å². The molecule has 0 bridgehead atoms. The van der Waals surface area contributed by atoms with E-state index in [9.17, 15) is 4.79 Å². The van der Waals surface area contributed by atoms with Crippen molar-refractivity contribution in [2.75, 3.05) is 7.11 Å². The van der Waals surface area contributed by atoms with Gasteiger partial charge in [-0.15, -0.1) is 0 Å². The van der Waals surface area contributed by atoms with Crippen LogP contribution in [0.15, 0.2) is 18.2 Å². The van der Waals surface area contributed by atoms with Gasteiger partial charge in [0.25, 0.3) is 0 Å². The maximum Gasteiger partial charge on any atom is 0.133 e. The van der Waals surface area contributed by atoms with Crippen LogP contribution in [0.3, 0.4) is 0 Å². The molecule has 1 saturated carbocycles. The van der Waals surface area contributed by atoms with Gasteiger partial charge in [0.1, 0.15) is 11.5 Å². The summed E-state index contributed by atoms with van der Waals surface area (Å²) < 4.78 is 5.31. The van der Waals surface area contributed by atoms with E-state index in [4.69, 9.17) is 4.74 Å². The lowest BCUT2D eigenvalue weighted by Crippen LogP contribution is -2.20. The van der Waals surface area contributed by atoms with Crippen LogP contribution in [-0.4, -0.2) is 12.9 Å². The summed E-state index contributed by atoms with van der Waals surface area (Å²) in [4.78, 5) is 11.6. The molecule has 1 aromatic carbocycles. The number of carbonyl (C=O) groups is 1. The first-order valence-electron chi connectivity index (χ1n) is 6.35. The highest BCUT2D eigenvalue weighted by Crippen LogP contribution is 2.60. The van der Waals surface area contributed by atoms with Crippen molar-refractivity contribution < 1.29 is 9.53 Å². The zero-order valence-corrected chi connectivity index (χ0v) is 10.5. The van der Waals surface area contributed by atoms with Crippen molar-refractivity contribution in [3.05, 3.63) is 29.3 Å². The van der Waals surface area contributed by atoms with Gasteiger partial charge in [0.2, 0.25) is 0 Å². The topological polar surface area (TPSA) is 26.3 Å². The van der Waals surface area contributed by atoms with Crippen molar-refractivity contribution in [1.82, 2.24) is 0 Å². The van der Waals surface area contributed by atoms with Crippen LogP contribution in [0.5, 0.6) is 5.75 Å². The van der Waals surface area contributed by atoms with Gasteiger partial charge >= 0.3 is 0 Å². The number of benzene rings is 1. The first kappa shape index (κ1) is 10.8. The molecule has 2 heteroatoms. The lowest BCUT2D eigenvalue weighted by Gasteiger charge is -2.26. The van der Waals surface area contributed by atoms with E-state index in [1.165, 1.54) is 17.5 Å². The highest BCUT2D eigenvalue weighted by Gasteiger charge is 2.58. The van der Waals surface area contributed by atoms with Crippen molar-refractivity contribution in [2.45, 2.75) is 38.0 Å². The van der Waals surface area contributed by atoms with Gasteiger partial charge in [0.05, 0.1) is 7.11 Å². The van der Waals surface area contributed by atoms with Crippen LogP contribution < -0.4 is 4.74 Å². The Kier molecular flexibility index (Phi) is 2.29. The number of carbonyl (C=O) groups excluding carboxylic acids is 1. The third kappa shape index (κ3) is 1.50. The minimum absolute atomic E-state index is 0.161. The minimum Gasteiger partial charge on any atom is -0.497 e. The fraction of sp³-hybridized carbons (Fsp3) is 0.533. The smallest absolute Gasteiger partial charge is 0.133 e. The molecule has 2 atom stereocenters. The summed E-state index contributed by atoms with van der Waals surface area (Å²) in [5.74, 6) is 1.52. The molecule has 0 amide bonds. The molecule has 2 nitrogen and oxygen atoms in total. The summed E-state index contributed by atoms with van der Waals surface area (Å²) in [5.41, 5.74) is 2.96. The number of Topliss-reactive ketones (excluding diaryl/α,β-unsaturated/α-hetero) is 1. The van der Waals surface area contributed by atoms with Crippen molar-refractivity contribution in [2.24, 2.45) is 5.92 Å². The lowest BCUT2D eigenvalue weighted by atomic mass is 9.78. The van der Waals surface area contributed by atoms with Gasteiger partial charge in [-0.2, -0.15) is 0 Å². The van der Waals surface area contributed by atoms with Gasteiger partial charge in [0, 0.05) is 11.3 Å². The molecule has 2 unspecified atom stereocenters. The molecule has 0 heterocycles. The molecule has 1 aromatic rings. The molecule has 17 heavy (non-hydrogen) atoms. The van der Waals surface area contributed by atoms with Gasteiger partial charge in [-0.05, 0) is 55.9 Å². The van der Waals surface area contributed by atoms with Crippen molar-refractivity contribution in [1.29, 1.82) is 0 Å². The van der Waals surface area contributed by atoms with Crippen LogP contribution in [-0.2, 0) is 16.6 Å². The van der Waals surface area contributed by atoms with E-state index in [0.717, 1.165) is 25.0 Å². The zero-order chi connectivity index (χ0) is 12.0. The van der Waals surface area contributed by atoms with Gasteiger partial charge in [-0.1, -0.05) is 6.07 Å². The van der Waals surface area contributed by atoms with Crippen LogP contribution >= 0.6 is 0 Å². The van der Waals surface area contributed by atoms with Gasteiger partial charge in [0.15, 0.2) is 0 Å². The second-order valence-electron chi connectivity index (χ2n) is 5.40. The van der Waals surface area contributed by atoms with Crippen molar-refractivity contribution >= 4 is 5.78 Å². The standard InChI is InChI=1S/C15H18O2/c1-10(16)14-9-15(14)7-3-4-11-5-6-12(17-2)8-13(11)15/h5-6,8,14H,3-4,7,9H2,1-2H3. The summed E-state index contributed by atoms with van der Waals surface area (Å²) in [6.07, 6.45) is 4.56. The highest BCUT2D eigenvalue weighted by atomic mass is 16.5. The summed E-state index contributed by atoms with van der Waals surface area (Å²) in [5, 5.41) is 0. The van der Waals surface area contributed by atoms with Crippen LogP contribution in [0.4, 0.5) is 0 Å². The Bertz CT molecular complexity index is 478. The first-order chi connectivity index (χ1) is 8.17. The van der Waals surface area contributed by atoms with Gasteiger partial charge in [-0.3, -0.25) is 4.79 Å². The fourth-order valence-electron chi connectivity index (χ4n) is 3.51. The van der Waals surface area contributed by atoms with E-state index in [-0.39, 0.29) is 11.3 Å². The fourth-order valence-corrected chi connectivity index (χ4v) is 3.51. The normalized spacial score (nSPS) is 29.9. The number of aryl methyl sites for hydroxylation is 1. The maximum atomic E-state index is 11.6. The number of hydrogen-bond acceptors (Lipinski definition) is 2. The van der Waals surface area contributed by atoms with Crippen molar-refractivity contribution in [3.8, 4) is 5.75 Å². The summed E-state index contributed by atoms with van der Waals surface area (Å²) in [7, 11) is 1.70. The number of rotatable bonds is 2. The molecular weight excluding hydrogens is 212 g/mol. The second kappa shape index (κ2) is 3.59. The number of ether oxygens (including phenoxy) is 1. The molecular formula is C15H18O2. The number of fused-ring (bicyclic) bond motifs is 2. The minimum atomic E-state index is 0.161. The average Bonchev–Trinajstić information content (AvgIpc) is 3.05. The largest absolute Gasteiger partial charge is 0.497 e. The van der Waals surface area contributed by atoms with Crippen molar-refractivity contribution in [3.63, 3.8) is 0 Å². The molecule has 0 aromatic heterocycles. The van der Waals surface area contributed by atoms with Crippen LogP contribution in [0, 0.1) is 5.92 Å². The molecule has 90 valence electrons. The Morgan fingerprint density at radius 3 is 2.94 bits per heavy atom. The zero-order valence-electron chi connectivity index (χ0n) is 10.5. The molecule has 3 rings (SSSR count). The Balaban J connectivity index is 2.05. The third-order valence-electron chi connectivity index (χ3n) is 4.49. The monoisotopic (exact) mass is 230 g/mol. The molecule has 2 aliphatic carbocycles. The summed E-state index contributed by atoms with van der Waals surface area (Å²) in [6, 6.07) is 6.35. The molecule has 0 radical (unpaired) electrons. The third-order valence-corrected chi connectivity index (χ3v) is 4.49. The van der Waals surface area contributed by atoms with E-state index in [1.807, 2.05) is 6.07 Å². The predicted octanol–water partition coefficient (Wildman–Crippen LogP) is 2.88. The molecule has 2 aliphatic rings. The van der Waals surface area contributed by atoms with Crippen LogP contribution in [0.2, 0.25) is 0 Å². The Hall–Kier alpha value is -1.31. The van der Waals surface area contributed by atoms with E-state index < -0.39 is 0 Å². The maximum absolute atomic E-state index is 11.6. The quantitative estimate of drug-likeness (QED) is 0.781. The predicted molar refractivity (Wildman–Crippen MR) is 66.4 cm³/mol. The molecule has 1 spiro atoms. The average molecular weight is 230 g/mol. The van der Waals surface area contributed by atoms with E-state index in [1.54, 1.807) is 14.0 Å².